The van der Waals surface area contributed by atoms with Gasteiger partial charge in [0.15, 0.2) is 0 Å². The zero-order chi connectivity index (χ0) is 14.7. The normalized spacial score (nSPS) is 12.4. The number of halogens is 3. The molecule has 0 fully saturated rings. The predicted molar refractivity (Wildman–Crippen MR) is 78.1 cm³/mol. The van der Waals surface area contributed by atoms with E-state index < -0.39 is 5.82 Å². The first kappa shape index (κ1) is 14.9. The van der Waals surface area contributed by atoms with Crippen LogP contribution < -0.4 is 5.32 Å². The predicted octanol–water partition coefficient (Wildman–Crippen LogP) is 4.43. The molecule has 1 unspecified atom stereocenters. The zero-order valence-electron chi connectivity index (χ0n) is 11.4. The van der Waals surface area contributed by atoms with Gasteiger partial charge in [-0.2, -0.15) is 0 Å². The molecule has 0 aliphatic carbocycles. The molecule has 0 amide bonds. The highest BCUT2D eigenvalue weighted by Gasteiger charge is 2.13. The van der Waals surface area contributed by atoms with Crippen LogP contribution in [0.2, 0.25) is 5.02 Å². The maximum Gasteiger partial charge on any atom is 0.141 e. The highest BCUT2D eigenvalue weighted by Crippen LogP contribution is 2.24. The Bertz CT molecular complexity index is 613. The standard InChI is InChI=1S/C16H16ClF2N/c1-10-3-5-13(18)7-12(10)9-16(20-2)11-4-6-15(19)14(17)8-11/h3-8,16,20H,9H2,1-2H3. The Labute approximate surface area is 122 Å². The summed E-state index contributed by atoms with van der Waals surface area (Å²) in [5.74, 6) is -0.690. The number of rotatable bonds is 4. The summed E-state index contributed by atoms with van der Waals surface area (Å²) in [5, 5.41) is 3.25. The van der Waals surface area contributed by atoms with Gasteiger partial charge in [-0.1, -0.05) is 23.7 Å². The third-order valence-electron chi connectivity index (χ3n) is 3.43. The Morgan fingerprint density at radius 1 is 1.15 bits per heavy atom. The van der Waals surface area contributed by atoms with E-state index in [0.29, 0.717) is 6.42 Å². The number of aryl methyl sites for hydroxylation is 1. The number of hydrogen-bond donors (Lipinski definition) is 1. The molecule has 0 aliphatic rings. The van der Waals surface area contributed by atoms with Gasteiger partial charge in [0.2, 0.25) is 0 Å². The SMILES string of the molecule is CNC(Cc1cc(F)ccc1C)c1ccc(F)c(Cl)c1. The van der Waals surface area contributed by atoms with E-state index in [4.69, 9.17) is 11.6 Å². The summed E-state index contributed by atoms with van der Waals surface area (Å²) in [6.45, 7) is 1.94. The second kappa shape index (κ2) is 6.33. The van der Waals surface area contributed by atoms with Crippen molar-refractivity contribution >= 4 is 11.6 Å². The van der Waals surface area contributed by atoms with Crippen molar-refractivity contribution in [2.45, 2.75) is 19.4 Å². The van der Waals surface area contributed by atoms with Crippen LogP contribution in [-0.4, -0.2) is 7.05 Å². The smallest absolute Gasteiger partial charge is 0.141 e. The van der Waals surface area contributed by atoms with Crippen LogP contribution in [0.25, 0.3) is 0 Å². The van der Waals surface area contributed by atoms with E-state index >= 15 is 0 Å². The first-order valence-corrected chi connectivity index (χ1v) is 6.76. The van der Waals surface area contributed by atoms with Crippen molar-refractivity contribution in [2.75, 3.05) is 7.05 Å². The molecule has 1 N–H and O–H groups in total. The van der Waals surface area contributed by atoms with Gasteiger partial charge in [0.25, 0.3) is 0 Å². The largest absolute Gasteiger partial charge is 0.313 e. The lowest BCUT2D eigenvalue weighted by molar-refractivity contribution is 0.578. The summed E-state index contributed by atoms with van der Waals surface area (Å²) in [4.78, 5) is 0. The minimum Gasteiger partial charge on any atom is -0.313 e. The Kier molecular flexibility index (Phi) is 4.73. The van der Waals surface area contributed by atoms with Gasteiger partial charge >= 0.3 is 0 Å². The van der Waals surface area contributed by atoms with E-state index in [-0.39, 0.29) is 16.9 Å². The molecule has 1 atom stereocenters. The molecule has 0 aliphatic heterocycles. The molecule has 0 heterocycles. The average Bonchev–Trinajstić information content (AvgIpc) is 2.43. The van der Waals surface area contributed by atoms with Crippen molar-refractivity contribution in [1.82, 2.24) is 5.32 Å². The topological polar surface area (TPSA) is 12.0 Å². The van der Waals surface area contributed by atoms with E-state index in [1.54, 1.807) is 18.2 Å². The summed E-state index contributed by atoms with van der Waals surface area (Å²) >= 11 is 5.81. The van der Waals surface area contributed by atoms with Gasteiger partial charge < -0.3 is 5.32 Å². The van der Waals surface area contributed by atoms with Gasteiger partial charge in [-0.15, -0.1) is 0 Å². The van der Waals surface area contributed by atoms with Gasteiger partial charge in [0.1, 0.15) is 11.6 Å². The fourth-order valence-corrected chi connectivity index (χ4v) is 2.38. The van der Waals surface area contributed by atoms with Crippen molar-refractivity contribution in [3.63, 3.8) is 0 Å². The van der Waals surface area contributed by atoms with E-state index in [1.807, 2.05) is 14.0 Å². The number of benzene rings is 2. The van der Waals surface area contributed by atoms with Gasteiger partial charge in [-0.25, -0.2) is 8.78 Å². The summed E-state index contributed by atoms with van der Waals surface area (Å²) < 4.78 is 26.5. The van der Waals surface area contributed by atoms with Crippen molar-refractivity contribution in [3.05, 3.63) is 69.7 Å². The maximum absolute atomic E-state index is 13.3. The molecular weight excluding hydrogens is 280 g/mol. The van der Waals surface area contributed by atoms with Crippen LogP contribution in [0.4, 0.5) is 8.78 Å². The fourth-order valence-electron chi connectivity index (χ4n) is 2.20. The molecule has 2 aromatic carbocycles. The summed E-state index contributed by atoms with van der Waals surface area (Å²) in [5.41, 5.74) is 2.83. The van der Waals surface area contributed by atoms with Crippen molar-refractivity contribution < 1.29 is 8.78 Å². The molecule has 0 saturated heterocycles. The first-order chi connectivity index (χ1) is 9.51. The minimum atomic E-state index is -0.438. The first-order valence-electron chi connectivity index (χ1n) is 6.38. The Morgan fingerprint density at radius 2 is 1.90 bits per heavy atom. The number of hydrogen-bond acceptors (Lipinski definition) is 1. The molecule has 106 valence electrons. The van der Waals surface area contributed by atoms with E-state index in [2.05, 4.69) is 5.32 Å². The maximum atomic E-state index is 13.3. The van der Waals surface area contributed by atoms with Gasteiger partial charge in [-0.3, -0.25) is 0 Å². The zero-order valence-corrected chi connectivity index (χ0v) is 12.1. The number of nitrogens with one attached hydrogen (secondary N) is 1. The van der Waals surface area contributed by atoms with E-state index in [9.17, 15) is 8.78 Å². The summed E-state index contributed by atoms with van der Waals surface area (Å²) in [7, 11) is 1.82. The van der Waals surface area contributed by atoms with Gasteiger partial charge in [0.05, 0.1) is 5.02 Å². The highest BCUT2D eigenvalue weighted by molar-refractivity contribution is 6.30. The second-order valence-corrected chi connectivity index (χ2v) is 5.20. The van der Waals surface area contributed by atoms with Crippen LogP contribution >= 0.6 is 11.6 Å². The summed E-state index contributed by atoms with van der Waals surface area (Å²) in [6, 6.07) is 9.33. The van der Waals surface area contributed by atoms with Gasteiger partial charge in [0, 0.05) is 6.04 Å². The van der Waals surface area contributed by atoms with Crippen LogP contribution in [0.1, 0.15) is 22.7 Å². The average molecular weight is 296 g/mol. The molecule has 0 spiro atoms. The molecule has 0 bridgehead atoms. The van der Waals surface area contributed by atoms with Crippen LogP contribution in [-0.2, 0) is 6.42 Å². The molecule has 20 heavy (non-hydrogen) atoms. The van der Waals surface area contributed by atoms with Crippen molar-refractivity contribution in [1.29, 1.82) is 0 Å². The van der Waals surface area contributed by atoms with Crippen LogP contribution in [0, 0.1) is 18.6 Å². The van der Waals surface area contributed by atoms with Crippen molar-refractivity contribution in [2.24, 2.45) is 0 Å². The van der Waals surface area contributed by atoms with E-state index in [1.165, 1.54) is 18.2 Å². The van der Waals surface area contributed by atoms with Crippen molar-refractivity contribution in [3.8, 4) is 0 Å². The Hall–Kier alpha value is -1.45. The molecule has 4 heteroatoms. The Morgan fingerprint density at radius 3 is 2.55 bits per heavy atom. The minimum absolute atomic E-state index is 0.0476. The molecule has 0 saturated carbocycles. The van der Waals surface area contributed by atoms with E-state index in [0.717, 1.165) is 16.7 Å². The van der Waals surface area contributed by atoms with Crippen LogP contribution in [0.15, 0.2) is 36.4 Å². The molecule has 1 nitrogen and oxygen atoms in total. The fraction of sp³-hybridized carbons (Fsp3) is 0.250. The van der Waals surface area contributed by atoms with Gasteiger partial charge in [-0.05, 0) is 61.3 Å². The molecule has 0 aromatic heterocycles. The molecule has 2 rings (SSSR count). The Balaban J connectivity index is 2.28. The lowest BCUT2D eigenvalue weighted by Crippen LogP contribution is -2.19. The van der Waals surface area contributed by atoms with Crippen LogP contribution in [0.5, 0.6) is 0 Å². The number of likely N-dealkylation sites (N-methyl/N-ethyl adjacent to an activating group) is 1. The quantitative estimate of drug-likeness (QED) is 0.880. The summed E-state index contributed by atoms with van der Waals surface area (Å²) in [6.07, 6.45) is 0.613. The molecule has 0 radical (unpaired) electrons. The lowest BCUT2D eigenvalue weighted by atomic mass is 9.96. The second-order valence-electron chi connectivity index (χ2n) is 4.79. The molecule has 2 aromatic rings. The molecular formula is C16H16ClF2N. The lowest BCUT2D eigenvalue weighted by Gasteiger charge is -2.18. The monoisotopic (exact) mass is 295 g/mol. The third-order valence-corrected chi connectivity index (χ3v) is 3.72. The van der Waals surface area contributed by atoms with Crippen LogP contribution in [0.3, 0.4) is 0 Å². The highest BCUT2D eigenvalue weighted by atomic mass is 35.5. The third kappa shape index (κ3) is 3.35.